The lowest BCUT2D eigenvalue weighted by atomic mass is 10.0. The number of piperazine rings is 1. The van der Waals surface area contributed by atoms with E-state index in [0.717, 1.165) is 37.2 Å². The molecule has 0 spiro atoms. The summed E-state index contributed by atoms with van der Waals surface area (Å²) in [5.41, 5.74) is 2.30. The standard InChI is InChI=1S/C22H35N5O.HI/c1-23-22(25-13-5-4-8-18-6-2-3-7-18)26-16-19-9-11-20(12-10-19)27-15-14-24-21(28)17-27;/h9-12,18H,2-8,13-17H2,1H3,(H,24,28)(H2,23,25,26);1H. The van der Waals surface area contributed by atoms with Crippen molar-refractivity contribution in [2.24, 2.45) is 10.9 Å². The zero-order valence-electron chi connectivity index (χ0n) is 17.6. The third-order valence-electron chi connectivity index (χ3n) is 5.83. The average molecular weight is 513 g/mol. The number of rotatable bonds is 8. The van der Waals surface area contributed by atoms with Crippen molar-refractivity contribution >= 4 is 41.5 Å². The van der Waals surface area contributed by atoms with Crippen molar-refractivity contribution in [1.29, 1.82) is 0 Å². The molecule has 7 heteroatoms. The Balaban J connectivity index is 0.00000300. The largest absolute Gasteiger partial charge is 0.360 e. The van der Waals surface area contributed by atoms with Crippen LogP contribution in [0.25, 0.3) is 0 Å². The van der Waals surface area contributed by atoms with Crippen LogP contribution in [0, 0.1) is 5.92 Å². The maximum Gasteiger partial charge on any atom is 0.239 e. The van der Waals surface area contributed by atoms with E-state index >= 15 is 0 Å². The first-order valence-corrected chi connectivity index (χ1v) is 10.8. The lowest BCUT2D eigenvalue weighted by Crippen LogP contribution is -2.47. The molecule has 1 aliphatic carbocycles. The molecule has 0 radical (unpaired) electrons. The maximum atomic E-state index is 11.5. The number of carbonyl (C=O) groups is 1. The Morgan fingerprint density at radius 3 is 2.62 bits per heavy atom. The van der Waals surface area contributed by atoms with Crippen molar-refractivity contribution in [3.05, 3.63) is 29.8 Å². The number of anilines is 1. The van der Waals surface area contributed by atoms with Crippen LogP contribution < -0.4 is 20.9 Å². The molecular formula is C22H36IN5O. The molecule has 29 heavy (non-hydrogen) atoms. The quantitative estimate of drug-likeness (QED) is 0.216. The first-order chi connectivity index (χ1) is 13.7. The molecule has 3 N–H and O–H groups in total. The van der Waals surface area contributed by atoms with E-state index in [1.807, 2.05) is 7.05 Å². The third-order valence-corrected chi connectivity index (χ3v) is 5.83. The van der Waals surface area contributed by atoms with E-state index in [1.54, 1.807) is 0 Å². The lowest BCUT2D eigenvalue weighted by Gasteiger charge is -2.28. The summed E-state index contributed by atoms with van der Waals surface area (Å²) in [6, 6.07) is 8.41. The molecule has 0 atom stereocenters. The van der Waals surface area contributed by atoms with Crippen molar-refractivity contribution in [1.82, 2.24) is 16.0 Å². The zero-order chi connectivity index (χ0) is 19.6. The van der Waals surface area contributed by atoms with Gasteiger partial charge in [0.1, 0.15) is 0 Å². The van der Waals surface area contributed by atoms with Crippen LogP contribution in [0.1, 0.15) is 50.5 Å². The van der Waals surface area contributed by atoms with Gasteiger partial charge in [-0.2, -0.15) is 0 Å². The van der Waals surface area contributed by atoms with Crippen LogP contribution in [0.2, 0.25) is 0 Å². The summed E-state index contributed by atoms with van der Waals surface area (Å²) >= 11 is 0. The van der Waals surface area contributed by atoms with E-state index in [2.05, 4.69) is 50.1 Å². The molecule has 162 valence electrons. The van der Waals surface area contributed by atoms with E-state index in [9.17, 15) is 4.79 Å². The monoisotopic (exact) mass is 513 g/mol. The molecule has 3 rings (SSSR count). The molecule has 0 bridgehead atoms. The Morgan fingerprint density at radius 2 is 1.93 bits per heavy atom. The first-order valence-electron chi connectivity index (χ1n) is 10.8. The second kappa shape index (κ2) is 12.9. The second-order valence-electron chi connectivity index (χ2n) is 7.94. The van der Waals surface area contributed by atoms with E-state index in [0.29, 0.717) is 13.1 Å². The van der Waals surface area contributed by atoms with Crippen molar-refractivity contribution in [2.75, 3.05) is 38.1 Å². The topological polar surface area (TPSA) is 68.8 Å². The van der Waals surface area contributed by atoms with Crippen molar-refractivity contribution < 1.29 is 4.79 Å². The number of guanidine groups is 1. The highest BCUT2D eigenvalue weighted by molar-refractivity contribution is 14.0. The summed E-state index contributed by atoms with van der Waals surface area (Å²) in [5.74, 6) is 1.94. The molecule has 0 aromatic heterocycles. The Kier molecular flexibility index (Phi) is 10.6. The molecule has 1 saturated heterocycles. The fraction of sp³-hybridized carbons (Fsp3) is 0.636. The SMILES string of the molecule is CN=C(NCCCCC1CCCC1)NCc1ccc(N2CCNC(=O)C2)cc1.I. The highest BCUT2D eigenvalue weighted by atomic mass is 127. The fourth-order valence-electron chi connectivity index (χ4n) is 4.15. The molecule has 1 amide bonds. The van der Waals surface area contributed by atoms with Crippen LogP contribution in [0.5, 0.6) is 0 Å². The van der Waals surface area contributed by atoms with Crippen molar-refractivity contribution in [3.8, 4) is 0 Å². The van der Waals surface area contributed by atoms with Crippen LogP contribution in [0.4, 0.5) is 5.69 Å². The highest BCUT2D eigenvalue weighted by Gasteiger charge is 2.16. The van der Waals surface area contributed by atoms with Gasteiger partial charge in [-0.15, -0.1) is 24.0 Å². The minimum atomic E-state index is 0. The number of hydrogen-bond donors (Lipinski definition) is 3. The van der Waals surface area contributed by atoms with Gasteiger partial charge in [-0.25, -0.2) is 0 Å². The number of nitrogens with zero attached hydrogens (tertiary/aromatic N) is 2. The number of aliphatic imine (C=N–C) groups is 1. The maximum absolute atomic E-state index is 11.5. The van der Waals surface area contributed by atoms with Gasteiger partial charge in [0, 0.05) is 38.9 Å². The number of nitrogens with one attached hydrogen (secondary N) is 3. The Hall–Kier alpha value is -1.51. The van der Waals surface area contributed by atoms with Crippen LogP contribution in [-0.2, 0) is 11.3 Å². The minimum Gasteiger partial charge on any atom is -0.360 e. The van der Waals surface area contributed by atoms with Gasteiger partial charge >= 0.3 is 0 Å². The molecule has 6 nitrogen and oxygen atoms in total. The van der Waals surface area contributed by atoms with Gasteiger partial charge in [0.2, 0.25) is 5.91 Å². The van der Waals surface area contributed by atoms with Gasteiger partial charge in [0.15, 0.2) is 5.96 Å². The molecule has 0 unspecified atom stereocenters. The van der Waals surface area contributed by atoms with Gasteiger partial charge < -0.3 is 20.9 Å². The normalized spacial score (nSPS) is 17.6. The molecule has 1 aromatic carbocycles. The summed E-state index contributed by atoms with van der Waals surface area (Å²) in [6.07, 6.45) is 9.67. The number of amides is 1. The fourth-order valence-corrected chi connectivity index (χ4v) is 4.15. The summed E-state index contributed by atoms with van der Waals surface area (Å²) in [7, 11) is 1.82. The number of halogens is 1. The second-order valence-corrected chi connectivity index (χ2v) is 7.94. The zero-order valence-corrected chi connectivity index (χ0v) is 19.9. The summed E-state index contributed by atoms with van der Waals surface area (Å²) < 4.78 is 0. The van der Waals surface area contributed by atoms with E-state index in [-0.39, 0.29) is 29.9 Å². The number of benzene rings is 1. The predicted molar refractivity (Wildman–Crippen MR) is 131 cm³/mol. The van der Waals surface area contributed by atoms with Crippen LogP contribution in [0.3, 0.4) is 0 Å². The number of carbonyl (C=O) groups excluding carboxylic acids is 1. The lowest BCUT2D eigenvalue weighted by molar-refractivity contribution is -0.120. The van der Waals surface area contributed by atoms with Crippen LogP contribution >= 0.6 is 24.0 Å². The predicted octanol–water partition coefficient (Wildman–Crippen LogP) is 3.27. The van der Waals surface area contributed by atoms with E-state index in [4.69, 9.17) is 0 Å². The van der Waals surface area contributed by atoms with Gasteiger partial charge in [-0.3, -0.25) is 9.79 Å². The van der Waals surface area contributed by atoms with E-state index < -0.39 is 0 Å². The summed E-state index contributed by atoms with van der Waals surface area (Å²) in [4.78, 5) is 18.0. The van der Waals surface area contributed by atoms with Gasteiger partial charge in [-0.1, -0.05) is 50.7 Å². The Bertz CT molecular complexity index is 643. The van der Waals surface area contributed by atoms with E-state index in [1.165, 1.54) is 50.5 Å². The Morgan fingerprint density at radius 1 is 1.17 bits per heavy atom. The van der Waals surface area contributed by atoms with Gasteiger partial charge in [0.05, 0.1) is 6.54 Å². The molecule has 2 aliphatic rings. The Labute approximate surface area is 192 Å². The van der Waals surface area contributed by atoms with Crippen LogP contribution in [-0.4, -0.2) is 45.1 Å². The van der Waals surface area contributed by atoms with Gasteiger partial charge in [0.25, 0.3) is 0 Å². The van der Waals surface area contributed by atoms with Gasteiger partial charge in [-0.05, 0) is 30.0 Å². The third kappa shape index (κ3) is 8.03. The molecule has 1 heterocycles. The highest BCUT2D eigenvalue weighted by Crippen LogP contribution is 2.28. The molecular weight excluding hydrogens is 477 g/mol. The number of hydrogen-bond acceptors (Lipinski definition) is 3. The molecule has 1 saturated carbocycles. The summed E-state index contributed by atoms with van der Waals surface area (Å²) in [6.45, 7) is 3.73. The summed E-state index contributed by atoms with van der Waals surface area (Å²) in [5, 5.41) is 9.66. The first kappa shape index (κ1) is 23.8. The van der Waals surface area contributed by atoms with Crippen molar-refractivity contribution in [3.63, 3.8) is 0 Å². The smallest absolute Gasteiger partial charge is 0.239 e. The van der Waals surface area contributed by atoms with Crippen molar-refractivity contribution in [2.45, 2.75) is 51.5 Å². The molecule has 1 aliphatic heterocycles. The number of unbranched alkanes of at least 4 members (excludes halogenated alkanes) is 1. The van der Waals surface area contributed by atoms with Crippen LogP contribution in [0.15, 0.2) is 29.3 Å². The minimum absolute atomic E-state index is 0. The molecule has 1 aromatic rings. The molecule has 2 fully saturated rings. The average Bonchev–Trinajstić information content (AvgIpc) is 3.24.